The minimum absolute atomic E-state index is 0.0544. The highest BCUT2D eigenvalue weighted by Crippen LogP contribution is 2.36. The number of aromatic nitrogens is 2. The fourth-order valence-electron chi connectivity index (χ4n) is 4.28. The predicted molar refractivity (Wildman–Crippen MR) is 112 cm³/mol. The third-order valence-corrected chi connectivity index (χ3v) is 7.86. The molecule has 1 saturated heterocycles. The van der Waals surface area contributed by atoms with E-state index in [0.29, 0.717) is 48.5 Å². The Morgan fingerprint density at radius 3 is 2.77 bits per heavy atom. The zero-order chi connectivity index (χ0) is 21.6. The molecule has 0 aliphatic carbocycles. The molecule has 2 aromatic heterocycles. The van der Waals surface area contributed by atoms with Crippen LogP contribution in [-0.4, -0.2) is 54.5 Å². The van der Waals surface area contributed by atoms with Gasteiger partial charge in [-0.1, -0.05) is 16.8 Å². The van der Waals surface area contributed by atoms with E-state index in [1.807, 2.05) is 17.0 Å². The Labute approximate surface area is 183 Å². The van der Waals surface area contributed by atoms with Gasteiger partial charge in [-0.05, 0) is 31.0 Å². The van der Waals surface area contributed by atoms with Gasteiger partial charge in [0.25, 0.3) is 10.0 Å². The summed E-state index contributed by atoms with van der Waals surface area (Å²) in [6, 6.07) is 7.02. The SMILES string of the molecule is O=CC1OCc2cc(Cl)ccc2N1C1CCN(S(=O)(=O)c2nccc3oncc23)CC1. The molecular formula is C20H19ClN4O5S. The molecule has 0 N–H and O–H groups in total. The highest BCUT2D eigenvalue weighted by Gasteiger charge is 2.38. The van der Waals surface area contributed by atoms with Crippen LogP contribution in [0.3, 0.4) is 0 Å². The lowest BCUT2D eigenvalue weighted by molar-refractivity contribution is -0.120. The van der Waals surface area contributed by atoms with E-state index in [1.165, 1.54) is 16.7 Å². The third-order valence-electron chi connectivity index (χ3n) is 5.77. The fraction of sp³-hybridized carbons (Fsp3) is 0.350. The van der Waals surface area contributed by atoms with E-state index < -0.39 is 16.3 Å². The first-order valence-electron chi connectivity index (χ1n) is 9.82. The number of benzene rings is 1. The number of carbonyl (C=O) groups excluding carboxylic acids is 1. The molecule has 1 aromatic carbocycles. The Bertz CT molecular complexity index is 1240. The highest BCUT2D eigenvalue weighted by molar-refractivity contribution is 7.89. The number of halogens is 1. The smallest absolute Gasteiger partial charge is 0.261 e. The van der Waals surface area contributed by atoms with E-state index in [4.69, 9.17) is 20.9 Å². The highest BCUT2D eigenvalue weighted by atomic mass is 35.5. The molecule has 5 rings (SSSR count). The molecule has 2 aliphatic heterocycles. The van der Waals surface area contributed by atoms with Crippen LogP contribution in [0.15, 0.2) is 46.2 Å². The summed E-state index contributed by atoms with van der Waals surface area (Å²) in [7, 11) is -3.81. The van der Waals surface area contributed by atoms with Crippen molar-refractivity contribution in [3.05, 3.63) is 47.2 Å². The van der Waals surface area contributed by atoms with Crippen molar-refractivity contribution < 1.29 is 22.5 Å². The molecule has 3 aromatic rings. The molecular weight excluding hydrogens is 444 g/mol. The average Bonchev–Trinajstić information content (AvgIpc) is 3.27. The van der Waals surface area contributed by atoms with Crippen molar-refractivity contribution in [1.29, 1.82) is 0 Å². The number of carbonyl (C=O) groups is 1. The monoisotopic (exact) mass is 462 g/mol. The Hall–Kier alpha value is -2.53. The van der Waals surface area contributed by atoms with Crippen LogP contribution in [0.4, 0.5) is 5.69 Å². The minimum Gasteiger partial charge on any atom is -0.356 e. The van der Waals surface area contributed by atoms with Gasteiger partial charge in [0.15, 0.2) is 23.1 Å². The van der Waals surface area contributed by atoms with Gasteiger partial charge in [-0.25, -0.2) is 13.4 Å². The number of nitrogens with zero attached hydrogens (tertiary/aromatic N) is 4. The number of hydrogen-bond donors (Lipinski definition) is 0. The second kappa shape index (κ2) is 7.86. The van der Waals surface area contributed by atoms with Crippen LogP contribution in [0.1, 0.15) is 18.4 Å². The van der Waals surface area contributed by atoms with Gasteiger partial charge in [-0.3, -0.25) is 4.79 Å². The topological polar surface area (TPSA) is 106 Å². The van der Waals surface area contributed by atoms with Crippen molar-refractivity contribution >= 4 is 44.6 Å². The van der Waals surface area contributed by atoms with Crippen molar-refractivity contribution in [3.8, 4) is 0 Å². The second-order valence-electron chi connectivity index (χ2n) is 7.51. The number of hydrogen-bond acceptors (Lipinski definition) is 8. The second-order valence-corrected chi connectivity index (χ2v) is 9.80. The molecule has 1 fully saturated rings. The van der Waals surface area contributed by atoms with Gasteiger partial charge in [0.05, 0.1) is 18.2 Å². The molecule has 9 nitrogen and oxygen atoms in total. The van der Waals surface area contributed by atoms with E-state index >= 15 is 0 Å². The Kier molecular flexibility index (Phi) is 5.17. The van der Waals surface area contributed by atoms with E-state index in [2.05, 4.69) is 10.1 Å². The predicted octanol–water partition coefficient (Wildman–Crippen LogP) is 2.59. The summed E-state index contributed by atoms with van der Waals surface area (Å²) in [6.45, 7) is 0.889. The summed E-state index contributed by atoms with van der Waals surface area (Å²) in [4.78, 5) is 17.7. The standard InChI is InChI=1S/C20H19ClN4O5S/c21-14-1-2-17-13(9-14)12-29-19(11-26)25(17)15-4-7-24(8-5-15)31(27,28)20-16-10-23-30-18(16)3-6-22-20/h1-3,6,9-11,15,19H,4-5,7-8,12H2. The van der Waals surface area contributed by atoms with E-state index in [0.717, 1.165) is 17.5 Å². The Balaban J connectivity index is 1.39. The van der Waals surface area contributed by atoms with Crippen LogP contribution in [0.25, 0.3) is 11.0 Å². The molecule has 0 radical (unpaired) electrons. The molecule has 0 saturated carbocycles. The summed E-state index contributed by atoms with van der Waals surface area (Å²) in [5, 5.41) is 4.58. The molecule has 0 spiro atoms. The minimum atomic E-state index is -3.81. The van der Waals surface area contributed by atoms with Crippen LogP contribution in [-0.2, 0) is 26.2 Å². The van der Waals surface area contributed by atoms with Crippen LogP contribution < -0.4 is 4.90 Å². The number of fused-ring (bicyclic) bond motifs is 2. The van der Waals surface area contributed by atoms with Gasteiger partial charge in [0.2, 0.25) is 0 Å². The summed E-state index contributed by atoms with van der Waals surface area (Å²) >= 11 is 6.11. The first-order chi connectivity index (χ1) is 15.0. The molecule has 2 aliphatic rings. The molecule has 4 heterocycles. The summed E-state index contributed by atoms with van der Waals surface area (Å²) in [5.41, 5.74) is 2.17. The molecule has 1 atom stereocenters. The largest absolute Gasteiger partial charge is 0.356 e. The number of pyridine rings is 1. The number of ether oxygens (including phenoxy) is 1. The van der Waals surface area contributed by atoms with Gasteiger partial charge in [0.1, 0.15) is 0 Å². The third kappa shape index (κ3) is 3.49. The maximum Gasteiger partial charge on any atom is 0.261 e. The normalized spacial score (nSPS) is 20.7. The van der Waals surface area contributed by atoms with Gasteiger partial charge in [0, 0.05) is 47.7 Å². The van der Waals surface area contributed by atoms with Crippen LogP contribution in [0.2, 0.25) is 5.02 Å². The van der Waals surface area contributed by atoms with Crippen molar-refractivity contribution in [2.75, 3.05) is 18.0 Å². The van der Waals surface area contributed by atoms with Gasteiger partial charge < -0.3 is 14.2 Å². The maximum atomic E-state index is 13.2. The molecule has 31 heavy (non-hydrogen) atoms. The molecule has 162 valence electrons. The quantitative estimate of drug-likeness (QED) is 0.545. The lowest BCUT2D eigenvalue weighted by Gasteiger charge is -2.44. The number of sulfonamides is 1. The van der Waals surface area contributed by atoms with Gasteiger partial charge >= 0.3 is 0 Å². The molecule has 1 unspecified atom stereocenters. The first-order valence-corrected chi connectivity index (χ1v) is 11.6. The van der Waals surface area contributed by atoms with Crippen molar-refractivity contribution in [3.63, 3.8) is 0 Å². The molecule has 11 heteroatoms. The van der Waals surface area contributed by atoms with E-state index in [-0.39, 0.29) is 11.1 Å². The van der Waals surface area contributed by atoms with Crippen molar-refractivity contribution in [2.45, 2.75) is 36.7 Å². The van der Waals surface area contributed by atoms with E-state index in [9.17, 15) is 13.2 Å². The maximum absolute atomic E-state index is 13.2. The summed E-state index contributed by atoms with van der Waals surface area (Å²) in [5.74, 6) is 0. The fourth-order valence-corrected chi connectivity index (χ4v) is 6.04. The molecule has 0 bridgehead atoms. The van der Waals surface area contributed by atoms with Crippen molar-refractivity contribution in [2.24, 2.45) is 0 Å². The number of aldehydes is 1. The van der Waals surface area contributed by atoms with Crippen LogP contribution in [0.5, 0.6) is 0 Å². The van der Waals surface area contributed by atoms with Gasteiger partial charge in [-0.15, -0.1) is 0 Å². The van der Waals surface area contributed by atoms with Crippen molar-refractivity contribution in [1.82, 2.24) is 14.4 Å². The Morgan fingerprint density at radius 1 is 1.19 bits per heavy atom. The Morgan fingerprint density at radius 2 is 2.00 bits per heavy atom. The number of rotatable bonds is 4. The average molecular weight is 463 g/mol. The number of anilines is 1. The zero-order valence-corrected chi connectivity index (χ0v) is 17.9. The lowest BCUT2D eigenvalue weighted by Crippen LogP contribution is -2.53. The zero-order valence-electron chi connectivity index (χ0n) is 16.3. The first kappa shape index (κ1) is 20.4. The number of piperidine rings is 1. The summed E-state index contributed by atoms with van der Waals surface area (Å²) in [6.07, 6.45) is 3.90. The van der Waals surface area contributed by atoms with E-state index in [1.54, 1.807) is 12.1 Å². The summed E-state index contributed by atoms with van der Waals surface area (Å²) < 4.78 is 38.6. The molecule has 0 amide bonds. The van der Waals surface area contributed by atoms with Gasteiger partial charge in [-0.2, -0.15) is 4.31 Å². The van der Waals surface area contributed by atoms with Crippen LogP contribution in [0, 0.1) is 0 Å². The van der Waals surface area contributed by atoms with Crippen LogP contribution >= 0.6 is 11.6 Å². The lowest BCUT2D eigenvalue weighted by atomic mass is 10.0.